The number of rotatable bonds is 2. The minimum Gasteiger partial charge on any atom is -0.508 e. The van der Waals surface area contributed by atoms with E-state index < -0.39 is 0 Å². The van der Waals surface area contributed by atoms with Crippen LogP contribution in [0.2, 0.25) is 0 Å². The van der Waals surface area contributed by atoms with Crippen LogP contribution >= 0.6 is 15.9 Å². The zero-order chi connectivity index (χ0) is 14.0. The van der Waals surface area contributed by atoms with Crippen molar-refractivity contribution in [3.8, 4) is 5.75 Å². The Morgan fingerprint density at radius 3 is 2.47 bits per heavy atom. The topological polar surface area (TPSA) is 49.3 Å². The average molecular weight is 320 g/mol. The van der Waals surface area contributed by atoms with E-state index in [0.717, 1.165) is 15.6 Å². The number of hydrogen-bond donors (Lipinski definition) is 2. The lowest BCUT2D eigenvalue weighted by Gasteiger charge is -2.09. The van der Waals surface area contributed by atoms with Gasteiger partial charge in [0, 0.05) is 15.7 Å². The summed E-state index contributed by atoms with van der Waals surface area (Å²) in [6.45, 7) is 3.77. The fourth-order valence-electron chi connectivity index (χ4n) is 1.77. The van der Waals surface area contributed by atoms with Gasteiger partial charge in [-0.2, -0.15) is 0 Å². The maximum absolute atomic E-state index is 12.1. The van der Waals surface area contributed by atoms with Crippen molar-refractivity contribution in [1.82, 2.24) is 0 Å². The highest BCUT2D eigenvalue weighted by atomic mass is 79.9. The number of aromatic hydroxyl groups is 1. The number of aryl methyl sites for hydroxylation is 2. The van der Waals surface area contributed by atoms with E-state index >= 15 is 0 Å². The van der Waals surface area contributed by atoms with E-state index in [1.165, 1.54) is 0 Å². The number of phenolic OH excluding ortho intramolecular Hbond substituents is 1. The molecule has 98 valence electrons. The third-order valence-corrected chi connectivity index (χ3v) is 3.77. The summed E-state index contributed by atoms with van der Waals surface area (Å²) in [7, 11) is 0. The first-order valence-electron chi connectivity index (χ1n) is 5.84. The van der Waals surface area contributed by atoms with Gasteiger partial charge in [0.1, 0.15) is 5.75 Å². The Morgan fingerprint density at radius 1 is 1.11 bits per heavy atom. The molecule has 1 amide bonds. The Balaban J connectivity index is 2.23. The lowest BCUT2D eigenvalue weighted by molar-refractivity contribution is 0.102. The molecule has 2 N–H and O–H groups in total. The van der Waals surface area contributed by atoms with Crippen molar-refractivity contribution in [2.75, 3.05) is 5.32 Å². The molecule has 0 spiro atoms. The predicted molar refractivity (Wildman–Crippen MR) is 79.7 cm³/mol. The molecule has 0 unspecified atom stereocenters. The first-order valence-corrected chi connectivity index (χ1v) is 6.64. The van der Waals surface area contributed by atoms with Gasteiger partial charge in [0.2, 0.25) is 0 Å². The SMILES string of the molecule is Cc1cc(C(=O)Nc2ccc(O)cc2C)ccc1Br. The maximum Gasteiger partial charge on any atom is 0.255 e. The van der Waals surface area contributed by atoms with Crippen LogP contribution in [0.15, 0.2) is 40.9 Å². The van der Waals surface area contributed by atoms with Crippen molar-refractivity contribution in [1.29, 1.82) is 0 Å². The van der Waals surface area contributed by atoms with Gasteiger partial charge in [0.15, 0.2) is 0 Å². The van der Waals surface area contributed by atoms with E-state index in [0.29, 0.717) is 11.3 Å². The van der Waals surface area contributed by atoms with Crippen LogP contribution < -0.4 is 5.32 Å². The third-order valence-electron chi connectivity index (χ3n) is 2.88. The normalized spacial score (nSPS) is 10.3. The summed E-state index contributed by atoms with van der Waals surface area (Å²) in [5.74, 6) is 0.0272. The number of phenols is 1. The Bertz CT molecular complexity index is 638. The molecule has 2 aromatic rings. The minimum atomic E-state index is -0.163. The molecule has 0 heterocycles. The predicted octanol–water partition coefficient (Wildman–Crippen LogP) is 4.02. The van der Waals surface area contributed by atoms with E-state index in [-0.39, 0.29) is 11.7 Å². The van der Waals surface area contributed by atoms with Crippen LogP contribution in [0.25, 0.3) is 0 Å². The zero-order valence-electron chi connectivity index (χ0n) is 10.7. The zero-order valence-corrected chi connectivity index (χ0v) is 12.3. The van der Waals surface area contributed by atoms with Crippen molar-refractivity contribution in [3.63, 3.8) is 0 Å². The molecule has 2 rings (SSSR count). The van der Waals surface area contributed by atoms with Crippen LogP contribution in [0.1, 0.15) is 21.5 Å². The minimum absolute atomic E-state index is 0.163. The Kier molecular flexibility index (Phi) is 3.90. The van der Waals surface area contributed by atoms with E-state index in [2.05, 4.69) is 21.2 Å². The van der Waals surface area contributed by atoms with Gasteiger partial charge in [-0.15, -0.1) is 0 Å². The summed E-state index contributed by atoms with van der Waals surface area (Å²) in [6.07, 6.45) is 0. The summed E-state index contributed by atoms with van der Waals surface area (Å²) in [5.41, 5.74) is 3.13. The highest BCUT2D eigenvalue weighted by Crippen LogP contribution is 2.22. The molecular weight excluding hydrogens is 306 g/mol. The summed E-state index contributed by atoms with van der Waals surface area (Å²) in [6, 6.07) is 10.3. The van der Waals surface area contributed by atoms with Crippen LogP contribution in [0, 0.1) is 13.8 Å². The molecule has 2 aromatic carbocycles. The first kappa shape index (κ1) is 13.6. The quantitative estimate of drug-likeness (QED) is 0.821. The van der Waals surface area contributed by atoms with E-state index in [1.807, 2.05) is 26.0 Å². The lowest BCUT2D eigenvalue weighted by atomic mass is 10.1. The standard InChI is InChI=1S/C15H14BrNO2/c1-9-7-11(3-5-13(9)16)15(19)17-14-6-4-12(18)8-10(14)2/h3-8,18H,1-2H3,(H,17,19). The molecule has 0 aliphatic heterocycles. The van der Waals surface area contributed by atoms with Gasteiger partial charge in [-0.05, 0) is 61.4 Å². The Hall–Kier alpha value is -1.81. The van der Waals surface area contributed by atoms with E-state index in [4.69, 9.17) is 0 Å². The van der Waals surface area contributed by atoms with Gasteiger partial charge < -0.3 is 10.4 Å². The molecule has 3 nitrogen and oxygen atoms in total. The Labute approximate surface area is 120 Å². The largest absolute Gasteiger partial charge is 0.508 e. The molecule has 0 aliphatic carbocycles. The molecule has 0 saturated heterocycles. The number of anilines is 1. The monoisotopic (exact) mass is 319 g/mol. The first-order chi connectivity index (χ1) is 8.97. The fourth-order valence-corrected chi connectivity index (χ4v) is 2.02. The van der Waals surface area contributed by atoms with Crippen LogP contribution in [0.5, 0.6) is 5.75 Å². The number of hydrogen-bond acceptors (Lipinski definition) is 2. The van der Waals surface area contributed by atoms with Crippen molar-refractivity contribution >= 4 is 27.5 Å². The van der Waals surface area contributed by atoms with E-state index in [1.54, 1.807) is 24.3 Å². The second-order valence-corrected chi connectivity index (χ2v) is 5.27. The van der Waals surface area contributed by atoms with Crippen molar-refractivity contribution in [2.24, 2.45) is 0 Å². The number of benzene rings is 2. The highest BCUT2D eigenvalue weighted by molar-refractivity contribution is 9.10. The lowest BCUT2D eigenvalue weighted by Crippen LogP contribution is -2.12. The maximum atomic E-state index is 12.1. The van der Waals surface area contributed by atoms with Gasteiger partial charge in [-0.3, -0.25) is 4.79 Å². The molecule has 0 radical (unpaired) electrons. The summed E-state index contributed by atoms with van der Waals surface area (Å²) < 4.78 is 0.977. The molecule has 0 fully saturated rings. The smallest absolute Gasteiger partial charge is 0.255 e. The van der Waals surface area contributed by atoms with Gasteiger partial charge in [-0.25, -0.2) is 0 Å². The van der Waals surface area contributed by atoms with Crippen LogP contribution in [0.3, 0.4) is 0 Å². The summed E-state index contributed by atoms with van der Waals surface area (Å²) in [5, 5.41) is 12.2. The number of halogens is 1. The molecule has 0 saturated carbocycles. The molecule has 0 atom stereocenters. The molecule has 4 heteroatoms. The number of carbonyl (C=O) groups is 1. The van der Waals surface area contributed by atoms with Crippen LogP contribution in [-0.4, -0.2) is 11.0 Å². The van der Waals surface area contributed by atoms with Crippen molar-refractivity contribution in [3.05, 3.63) is 57.6 Å². The van der Waals surface area contributed by atoms with Crippen LogP contribution in [-0.2, 0) is 0 Å². The molecule has 0 aromatic heterocycles. The van der Waals surface area contributed by atoms with Gasteiger partial charge in [0.25, 0.3) is 5.91 Å². The fraction of sp³-hybridized carbons (Fsp3) is 0.133. The molecule has 19 heavy (non-hydrogen) atoms. The van der Waals surface area contributed by atoms with Crippen molar-refractivity contribution < 1.29 is 9.90 Å². The van der Waals surface area contributed by atoms with Crippen molar-refractivity contribution in [2.45, 2.75) is 13.8 Å². The second kappa shape index (κ2) is 5.45. The summed E-state index contributed by atoms with van der Waals surface area (Å²) >= 11 is 3.41. The van der Waals surface area contributed by atoms with Crippen LogP contribution in [0.4, 0.5) is 5.69 Å². The molecule has 0 aliphatic rings. The molecular formula is C15H14BrNO2. The second-order valence-electron chi connectivity index (χ2n) is 4.42. The van der Waals surface area contributed by atoms with Gasteiger partial charge in [-0.1, -0.05) is 15.9 Å². The number of nitrogens with one attached hydrogen (secondary N) is 1. The van der Waals surface area contributed by atoms with E-state index in [9.17, 15) is 9.90 Å². The summed E-state index contributed by atoms with van der Waals surface area (Å²) in [4.78, 5) is 12.1. The van der Waals surface area contributed by atoms with Gasteiger partial charge >= 0.3 is 0 Å². The Morgan fingerprint density at radius 2 is 1.84 bits per heavy atom. The number of amides is 1. The average Bonchev–Trinajstić information content (AvgIpc) is 2.36. The number of carbonyl (C=O) groups excluding carboxylic acids is 1. The highest BCUT2D eigenvalue weighted by Gasteiger charge is 2.09. The molecule has 0 bridgehead atoms. The van der Waals surface area contributed by atoms with Gasteiger partial charge in [0.05, 0.1) is 0 Å². The third kappa shape index (κ3) is 3.15.